The van der Waals surface area contributed by atoms with Crippen LogP contribution in [0, 0.1) is 6.92 Å². The summed E-state index contributed by atoms with van der Waals surface area (Å²) < 4.78 is 2.10. The minimum absolute atomic E-state index is 0.758. The number of anilines is 1. The van der Waals surface area contributed by atoms with Gasteiger partial charge in [-0.15, -0.1) is 0 Å². The van der Waals surface area contributed by atoms with E-state index in [9.17, 15) is 0 Å². The molecule has 0 bridgehead atoms. The number of rotatable bonds is 3. The summed E-state index contributed by atoms with van der Waals surface area (Å²) in [4.78, 5) is 4.27. The van der Waals surface area contributed by atoms with Gasteiger partial charge in [0.1, 0.15) is 0 Å². The smallest absolute Gasteiger partial charge is 0.0631 e. The standard InChI is InChI=1S/C13H12Br2N2/c1-9-5-6-10(7-16-9)8-17-13-11(14)3-2-4-12(13)15/h2-7,17H,8H2,1H3. The van der Waals surface area contributed by atoms with Crippen LogP contribution in [0.1, 0.15) is 11.3 Å². The van der Waals surface area contributed by atoms with E-state index in [0.29, 0.717) is 0 Å². The number of para-hydroxylation sites is 1. The predicted molar refractivity (Wildman–Crippen MR) is 78.1 cm³/mol. The Morgan fingerprint density at radius 2 is 1.82 bits per heavy atom. The molecular weight excluding hydrogens is 344 g/mol. The Morgan fingerprint density at radius 3 is 2.41 bits per heavy atom. The van der Waals surface area contributed by atoms with Crippen LogP contribution < -0.4 is 5.32 Å². The van der Waals surface area contributed by atoms with Crippen LogP contribution in [0.2, 0.25) is 0 Å². The van der Waals surface area contributed by atoms with Crippen LogP contribution >= 0.6 is 31.9 Å². The fourth-order valence-electron chi connectivity index (χ4n) is 1.46. The van der Waals surface area contributed by atoms with E-state index in [4.69, 9.17) is 0 Å². The summed E-state index contributed by atoms with van der Waals surface area (Å²) in [7, 11) is 0. The molecule has 2 nitrogen and oxygen atoms in total. The molecule has 1 heterocycles. The van der Waals surface area contributed by atoms with Gasteiger partial charge in [-0.1, -0.05) is 12.1 Å². The quantitative estimate of drug-likeness (QED) is 0.875. The van der Waals surface area contributed by atoms with Gasteiger partial charge in [-0.05, 0) is 62.5 Å². The summed E-state index contributed by atoms with van der Waals surface area (Å²) in [6.07, 6.45) is 1.90. The molecule has 0 aliphatic heterocycles. The molecule has 4 heteroatoms. The lowest BCUT2D eigenvalue weighted by Crippen LogP contribution is -2.01. The van der Waals surface area contributed by atoms with E-state index in [1.807, 2.05) is 37.4 Å². The van der Waals surface area contributed by atoms with Gasteiger partial charge in [0.05, 0.1) is 5.69 Å². The Hall–Kier alpha value is -0.870. The Kier molecular flexibility index (Phi) is 4.18. The third kappa shape index (κ3) is 3.30. The molecule has 0 radical (unpaired) electrons. The zero-order valence-electron chi connectivity index (χ0n) is 9.37. The van der Waals surface area contributed by atoms with Crippen LogP contribution in [0.15, 0.2) is 45.5 Å². The molecule has 1 aromatic carbocycles. The fraction of sp³-hybridized carbons (Fsp3) is 0.154. The molecule has 0 spiro atoms. The molecule has 1 aromatic heterocycles. The van der Waals surface area contributed by atoms with Crippen molar-refractivity contribution in [2.75, 3.05) is 5.32 Å². The van der Waals surface area contributed by atoms with Gasteiger partial charge >= 0.3 is 0 Å². The highest BCUT2D eigenvalue weighted by molar-refractivity contribution is 9.11. The normalized spacial score (nSPS) is 10.3. The molecule has 1 N–H and O–H groups in total. The summed E-state index contributed by atoms with van der Waals surface area (Å²) in [5.74, 6) is 0. The molecular formula is C13H12Br2N2. The van der Waals surface area contributed by atoms with Gasteiger partial charge in [-0.25, -0.2) is 0 Å². The summed E-state index contributed by atoms with van der Waals surface area (Å²) in [6, 6.07) is 10.1. The van der Waals surface area contributed by atoms with Crippen LogP contribution in [0.25, 0.3) is 0 Å². The summed E-state index contributed by atoms with van der Waals surface area (Å²) in [5, 5.41) is 3.38. The largest absolute Gasteiger partial charge is 0.379 e. The van der Waals surface area contributed by atoms with Gasteiger partial charge in [0.15, 0.2) is 0 Å². The third-order valence-corrected chi connectivity index (χ3v) is 3.73. The molecule has 2 rings (SSSR count). The summed E-state index contributed by atoms with van der Waals surface area (Å²) in [5.41, 5.74) is 3.27. The van der Waals surface area contributed by atoms with Crippen molar-refractivity contribution in [2.24, 2.45) is 0 Å². The maximum absolute atomic E-state index is 4.27. The Labute approximate surface area is 118 Å². The molecule has 0 saturated carbocycles. The van der Waals surface area contributed by atoms with Gasteiger partial charge in [0.25, 0.3) is 0 Å². The predicted octanol–water partition coefficient (Wildman–Crippen LogP) is 4.53. The monoisotopic (exact) mass is 354 g/mol. The number of halogens is 2. The van der Waals surface area contributed by atoms with Crippen molar-refractivity contribution in [1.82, 2.24) is 4.98 Å². The van der Waals surface area contributed by atoms with E-state index in [1.165, 1.54) is 5.56 Å². The maximum atomic E-state index is 4.27. The highest BCUT2D eigenvalue weighted by Gasteiger charge is 2.03. The number of nitrogens with one attached hydrogen (secondary N) is 1. The maximum Gasteiger partial charge on any atom is 0.0631 e. The number of aromatic nitrogens is 1. The minimum Gasteiger partial charge on any atom is -0.379 e. The minimum atomic E-state index is 0.758. The number of benzene rings is 1. The molecule has 0 atom stereocenters. The lowest BCUT2D eigenvalue weighted by molar-refractivity contribution is 1.08. The Balaban J connectivity index is 2.10. The van der Waals surface area contributed by atoms with Crippen LogP contribution in [0.5, 0.6) is 0 Å². The van der Waals surface area contributed by atoms with Gasteiger partial charge in [-0.3, -0.25) is 4.98 Å². The van der Waals surface area contributed by atoms with E-state index < -0.39 is 0 Å². The van der Waals surface area contributed by atoms with E-state index >= 15 is 0 Å². The highest BCUT2D eigenvalue weighted by Crippen LogP contribution is 2.30. The number of hydrogen-bond donors (Lipinski definition) is 1. The number of pyridine rings is 1. The van der Waals surface area contributed by atoms with Crippen molar-refractivity contribution in [3.8, 4) is 0 Å². The first-order valence-corrected chi connectivity index (χ1v) is 6.85. The molecule has 0 aliphatic rings. The van der Waals surface area contributed by atoms with Crippen molar-refractivity contribution in [3.05, 3.63) is 56.7 Å². The van der Waals surface area contributed by atoms with E-state index in [0.717, 1.165) is 26.9 Å². The summed E-state index contributed by atoms with van der Waals surface area (Å²) >= 11 is 7.05. The average Bonchev–Trinajstić information content (AvgIpc) is 2.31. The first-order valence-electron chi connectivity index (χ1n) is 5.26. The zero-order valence-corrected chi connectivity index (χ0v) is 12.5. The van der Waals surface area contributed by atoms with Gasteiger partial charge < -0.3 is 5.32 Å². The molecule has 0 unspecified atom stereocenters. The third-order valence-electron chi connectivity index (χ3n) is 2.40. The van der Waals surface area contributed by atoms with Gasteiger partial charge in [0.2, 0.25) is 0 Å². The average molecular weight is 356 g/mol. The SMILES string of the molecule is Cc1ccc(CNc2c(Br)cccc2Br)cn1. The van der Waals surface area contributed by atoms with Crippen molar-refractivity contribution in [2.45, 2.75) is 13.5 Å². The van der Waals surface area contributed by atoms with Crippen LogP contribution in [-0.4, -0.2) is 4.98 Å². The molecule has 17 heavy (non-hydrogen) atoms. The zero-order chi connectivity index (χ0) is 12.3. The first-order chi connectivity index (χ1) is 8.16. The Morgan fingerprint density at radius 1 is 1.12 bits per heavy atom. The lowest BCUT2D eigenvalue weighted by atomic mass is 10.2. The molecule has 0 aliphatic carbocycles. The van der Waals surface area contributed by atoms with Gasteiger partial charge in [0, 0.05) is 27.4 Å². The first kappa shape index (κ1) is 12.6. The van der Waals surface area contributed by atoms with Gasteiger partial charge in [-0.2, -0.15) is 0 Å². The highest BCUT2D eigenvalue weighted by atomic mass is 79.9. The topological polar surface area (TPSA) is 24.9 Å². The summed E-state index contributed by atoms with van der Waals surface area (Å²) in [6.45, 7) is 2.75. The van der Waals surface area contributed by atoms with Crippen molar-refractivity contribution >= 4 is 37.5 Å². The Bertz CT molecular complexity index is 489. The van der Waals surface area contributed by atoms with Crippen LogP contribution in [0.4, 0.5) is 5.69 Å². The van der Waals surface area contributed by atoms with E-state index in [2.05, 4.69) is 48.2 Å². The molecule has 0 amide bonds. The van der Waals surface area contributed by atoms with Crippen molar-refractivity contribution in [1.29, 1.82) is 0 Å². The molecule has 0 fully saturated rings. The van der Waals surface area contributed by atoms with Crippen molar-refractivity contribution < 1.29 is 0 Å². The van der Waals surface area contributed by atoms with Crippen LogP contribution in [0.3, 0.4) is 0 Å². The van der Waals surface area contributed by atoms with Crippen molar-refractivity contribution in [3.63, 3.8) is 0 Å². The van der Waals surface area contributed by atoms with E-state index in [-0.39, 0.29) is 0 Å². The second kappa shape index (κ2) is 5.65. The number of hydrogen-bond acceptors (Lipinski definition) is 2. The van der Waals surface area contributed by atoms with Crippen LogP contribution in [-0.2, 0) is 6.54 Å². The lowest BCUT2D eigenvalue weighted by Gasteiger charge is -2.10. The number of nitrogens with zero attached hydrogens (tertiary/aromatic N) is 1. The number of aryl methyl sites for hydroxylation is 1. The molecule has 0 saturated heterocycles. The molecule has 88 valence electrons. The fourth-order valence-corrected chi connectivity index (χ4v) is 2.74. The second-order valence-corrected chi connectivity index (χ2v) is 5.47. The van der Waals surface area contributed by atoms with E-state index in [1.54, 1.807) is 0 Å². The second-order valence-electron chi connectivity index (χ2n) is 3.76. The molecule has 2 aromatic rings.